The SMILES string of the molecule is O=C1CC(c2nc(-c3ccc(OC(F)(F)F)cc3)no2)CN1c1ccccc1F. The first-order chi connectivity index (χ1) is 13.8. The molecule has 1 aliphatic heterocycles. The van der Waals surface area contributed by atoms with Crippen molar-refractivity contribution in [2.45, 2.75) is 18.7 Å². The third-order valence-corrected chi connectivity index (χ3v) is 4.41. The number of para-hydroxylation sites is 1. The van der Waals surface area contributed by atoms with Crippen LogP contribution in [-0.4, -0.2) is 29.0 Å². The van der Waals surface area contributed by atoms with Crippen molar-refractivity contribution in [3.8, 4) is 17.1 Å². The molecule has 1 aromatic heterocycles. The topological polar surface area (TPSA) is 68.5 Å². The summed E-state index contributed by atoms with van der Waals surface area (Å²) < 4.78 is 59.7. The molecule has 0 N–H and O–H groups in total. The van der Waals surface area contributed by atoms with Gasteiger partial charge in [0.25, 0.3) is 0 Å². The van der Waals surface area contributed by atoms with Crippen molar-refractivity contribution in [1.29, 1.82) is 0 Å². The highest BCUT2D eigenvalue weighted by Crippen LogP contribution is 2.33. The molecule has 6 nitrogen and oxygen atoms in total. The maximum atomic E-state index is 14.0. The van der Waals surface area contributed by atoms with Crippen LogP contribution < -0.4 is 9.64 Å². The van der Waals surface area contributed by atoms with Crippen LogP contribution in [0.3, 0.4) is 0 Å². The molecule has 3 aromatic rings. The molecule has 10 heteroatoms. The summed E-state index contributed by atoms with van der Waals surface area (Å²) in [5, 5.41) is 3.82. The molecule has 150 valence electrons. The first-order valence-electron chi connectivity index (χ1n) is 8.55. The minimum Gasteiger partial charge on any atom is -0.406 e. The van der Waals surface area contributed by atoms with E-state index >= 15 is 0 Å². The number of rotatable bonds is 4. The zero-order chi connectivity index (χ0) is 20.6. The Morgan fingerprint density at radius 3 is 2.52 bits per heavy atom. The number of carbonyl (C=O) groups is 1. The molecule has 0 spiro atoms. The molecule has 0 radical (unpaired) electrons. The Labute approximate surface area is 161 Å². The number of anilines is 1. The number of nitrogens with zero attached hydrogens (tertiary/aromatic N) is 3. The smallest absolute Gasteiger partial charge is 0.406 e. The van der Waals surface area contributed by atoms with Crippen LogP contribution in [0.2, 0.25) is 0 Å². The summed E-state index contributed by atoms with van der Waals surface area (Å²) in [6, 6.07) is 11.0. The summed E-state index contributed by atoms with van der Waals surface area (Å²) >= 11 is 0. The highest BCUT2D eigenvalue weighted by molar-refractivity contribution is 5.96. The van der Waals surface area contributed by atoms with Crippen molar-refractivity contribution < 1.29 is 31.6 Å². The van der Waals surface area contributed by atoms with E-state index in [1.807, 2.05) is 0 Å². The largest absolute Gasteiger partial charge is 0.573 e. The summed E-state index contributed by atoms with van der Waals surface area (Å²) in [7, 11) is 0. The van der Waals surface area contributed by atoms with E-state index < -0.39 is 18.1 Å². The Morgan fingerprint density at radius 1 is 1.10 bits per heavy atom. The number of hydrogen-bond acceptors (Lipinski definition) is 5. The number of benzene rings is 2. The minimum absolute atomic E-state index is 0.0777. The molecule has 29 heavy (non-hydrogen) atoms. The minimum atomic E-state index is -4.78. The lowest BCUT2D eigenvalue weighted by Crippen LogP contribution is -2.25. The molecule has 1 aliphatic rings. The lowest BCUT2D eigenvalue weighted by molar-refractivity contribution is -0.274. The van der Waals surface area contributed by atoms with E-state index in [0.29, 0.717) is 5.56 Å². The summed E-state index contributed by atoms with van der Waals surface area (Å²) in [4.78, 5) is 17.9. The molecule has 2 heterocycles. The number of amides is 1. The van der Waals surface area contributed by atoms with Gasteiger partial charge in [-0.1, -0.05) is 17.3 Å². The number of aromatic nitrogens is 2. The van der Waals surface area contributed by atoms with Crippen LogP contribution in [0.1, 0.15) is 18.2 Å². The monoisotopic (exact) mass is 407 g/mol. The lowest BCUT2D eigenvalue weighted by atomic mass is 10.1. The van der Waals surface area contributed by atoms with Gasteiger partial charge in [-0.05, 0) is 36.4 Å². The molecule has 0 bridgehead atoms. The van der Waals surface area contributed by atoms with Crippen LogP contribution in [0, 0.1) is 5.82 Å². The van der Waals surface area contributed by atoms with E-state index in [1.54, 1.807) is 6.07 Å². The number of alkyl halides is 3. The van der Waals surface area contributed by atoms with Gasteiger partial charge in [0, 0.05) is 18.5 Å². The first kappa shape index (κ1) is 18.9. The fourth-order valence-electron chi connectivity index (χ4n) is 3.10. The van der Waals surface area contributed by atoms with E-state index in [0.717, 1.165) is 12.1 Å². The zero-order valence-electron chi connectivity index (χ0n) is 14.7. The van der Waals surface area contributed by atoms with Crippen molar-refractivity contribution in [1.82, 2.24) is 10.1 Å². The average Bonchev–Trinajstić information content (AvgIpc) is 3.29. The van der Waals surface area contributed by atoms with Crippen LogP contribution in [0.15, 0.2) is 53.1 Å². The van der Waals surface area contributed by atoms with Gasteiger partial charge in [0.05, 0.1) is 11.6 Å². The van der Waals surface area contributed by atoms with Gasteiger partial charge in [0.15, 0.2) is 0 Å². The molecular formula is C19H13F4N3O3. The molecule has 2 aromatic carbocycles. The second kappa shape index (κ2) is 7.19. The predicted molar refractivity (Wildman–Crippen MR) is 92.5 cm³/mol. The summed E-state index contributed by atoms with van der Waals surface area (Å²) in [5.41, 5.74) is 0.602. The fraction of sp³-hybridized carbons (Fsp3) is 0.211. The standard InChI is InChI=1S/C19H13F4N3O3/c20-14-3-1-2-4-15(14)26-10-12(9-16(26)27)18-24-17(25-29-18)11-5-7-13(8-6-11)28-19(21,22)23/h1-8,12H,9-10H2. The van der Waals surface area contributed by atoms with E-state index in [4.69, 9.17) is 4.52 Å². The van der Waals surface area contributed by atoms with Crippen molar-refractivity contribution in [3.63, 3.8) is 0 Å². The van der Waals surface area contributed by atoms with Gasteiger partial charge in [-0.2, -0.15) is 4.98 Å². The van der Waals surface area contributed by atoms with Gasteiger partial charge in [-0.25, -0.2) is 4.39 Å². The van der Waals surface area contributed by atoms with Crippen LogP contribution in [0.5, 0.6) is 5.75 Å². The van der Waals surface area contributed by atoms with Gasteiger partial charge in [-0.15, -0.1) is 13.2 Å². The second-order valence-corrected chi connectivity index (χ2v) is 6.39. The Balaban J connectivity index is 1.50. The van der Waals surface area contributed by atoms with Gasteiger partial charge in [0.2, 0.25) is 17.6 Å². The number of carbonyl (C=O) groups excluding carboxylic acids is 1. The summed E-state index contributed by atoms with van der Waals surface area (Å²) in [6.45, 7) is 0.180. The van der Waals surface area contributed by atoms with Crippen molar-refractivity contribution in [3.05, 3.63) is 60.2 Å². The van der Waals surface area contributed by atoms with E-state index in [9.17, 15) is 22.4 Å². The number of hydrogen-bond donors (Lipinski definition) is 0. The Kier molecular flexibility index (Phi) is 4.69. The average molecular weight is 407 g/mol. The summed E-state index contributed by atoms with van der Waals surface area (Å²) in [5.74, 6) is -1.20. The molecule has 1 amide bonds. The molecule has 1 saturated heterocycles. The third-order valence-electron chi connectivity index (χ3n) is 4.41. The summed E-state index contributed by atoms with van der Waals surface area (Å²) in [6.07, 6.45) is -4.70. The second-order valence-electron chi connectivity index (χ2n) is 6.39. The Morgan fingerprint density at radius 2 is 1.83 bits per heavy atom. The maximum absolute atomic E-state index is 14.0. The maximum Gasteiger partial charge on any atom is 0.573 e. The van der Waals surface area contributed by atoms with Crippen LogP contribution in [0.4, 0.5) is 23.2 Å². The molecule has 1 unspecified atom stereocenters. The van der Waals surface area contributed by atoms with E-state index in [2.05, 4.69) is 14.9 Å². The normalized spacial score (nSPS) is 17.0. The molecule has 4 rings (SSSR count). The van der Waals surface area contributed by atoms with Crippen LogP contribution in [0.25, 0.3) is 11.4 Å². The molecule has 1 atom stereocenters. The van der Waals surface area contributed by atoms with Gasteiger partial charge in [-0.3, -0.25) is 4.79 Å². The Bertz CT molecular complexity index is 1030. The Hall–Kier alpha value is -3.43. The zero-order valence-corrected chi connectivity index (χ0v) is 14.7. The van der Waals surface area contributed by atoms with Crippen molar-refractivity contribution in [2.24, 2.45) is 0 Å². The van der Waals surface area contributed by atoms with Gasteiger partial charge < -0.3 is 14.2 Å². The van der Waals surface area contributed by atoms with Crippen LogP contribution in [-0.2, 0) is 4.79 Å². The third kappa shape index (κ3) is 4.05. The van der Waals surface area contributed by atoms with Crippen molar-refractivity contribution >= 4 is 11.6 Å². The highest BCUT2D eigenvalue weighted by Gasteiger charge is 2.36. The number of ether oxygens (including phenoxy) is 1. The molecule has 1 fully saturated rings. The van der Waals surface area contributed by atoms with Gasteiger partial charge in [0.1, 0.15) is 11.6 Å². The number of halogens is 4. The van der Waals surface area contributed by atoms with Crippen LogP contribution >= 0.6 is 0 Å². The molecular weight excluding hydrogens is 394 g/mol. The predicted octanol–water partition coefficient (Wildman–Crippen LogP) is 4.29. The lowest BCUT2D eigenvalue weighted by Gasteiger charge is -2.16. The van der Waals surface area contributed by atoms with Crippen molar-refractivity contribution in [2.75, 3.05) is 11.4 Å². The highest BCUT2D eigenvalue weighted by atomic mass is 19.4. The fourth-order valence-corrected chi connectivity index (χ4v) is 3.10. The quantitative estimate of drug-likeness (QED) is 0.604. The first-order valence-corrected chi connectivity index (χ1v) is 8.55. The molecule has 0 aliphatic carbocycles. The van der Waals surface area contributed by atoms with E-state index in [-0.39, 0.29) is 42.0 Å². The molecule has 0 saturated carbocycles. The van der Waals surface area contributed by atoms with Gasteiger partial charge >= 0.3 is 6.36 Å². The van der Waals surface area contributed by atoms with E-state index in [1.165, 1.54) is 35.2 Å².